The predicted molar refractivity (Wildman–Crippen MR) is 60.5 cm³/mol. The Kier molecular flexibility index (Phi) is 2.30. The smallest absolute Gasteiger partial charge is 0.329 e. The van der Waals surface area contributed by atoms with Gasteiger partial charge in [0.15, 0.2) is 0 Å². The van der Waals surface area contributed by atoms with Crippen LogP contribution in [0.15, 0.2) is 24.3 Å². The lowest BCUT2D eigenvalue weighted by atomic mass is 10.1. The summed E-state index contributed by atoms with van der Waals surface area (Å²) in [6, 6.07) is 8.04. The van der Waals surface area contributed by atoms with Crippen LogP contribution in [0.5, 0.6) is 0 Å². The maximum Gasteiger partial charge on any atom is 0.329 e. The van der Waals surface area contributed by atoms with Gasteiger partial charge >= 0.3 is 5.97 Å². The zero-order chi connectivity index (χ0) is 12.7. The van der Waals surface area contributed by atoms with E-state index in [1.807, 2.05) is 6.07 Å². The monoisotopic (exact) mass is 242 g/mol. The Bertz CT molecular complexity index is 576. The fourth-order valence-electron chi connectivity index (χ4n) is 2.46. The molecule has 3 rings (SSSR count). The number of rotatable bonds is 1. The Morgan fingerprint density at radius 1 is 1.50 bits per heavy atom. The number of fused-ring (bicyclic) bond motifs is 2. The highest BCUT2D eigenvalue weighted by molar-refractivity contribution is 5.98. The lowest BCUT2D eigenvalue weighted by Crippen LogP contribution is -2.44. The summed E-state index contributed by atoms with van der Waals surface area (Å²) < 4.78 is 5.04. The van der Waals surface area contributed by atoms with E-state index in [1.165, 1.54) is 4.90 Å². The Morgan fingerprint density at radius 2 is 2.33 bits per heavy atom. The van der Waals surface area contributed by atoms with Crippen molar-refractivity contribution in [3.05, 3.63) is 35.4 Å². The van der Waals surface area contributed by atoms with E-state index >= 15 is 0 Å². The van der Waals surface area contributed by atoms with Gasteiger partial charge in [0.05, 0.1) is 18.2 Å². The third kappa shape index (κ3) is 1.54. The van der Waals surface area contributed by atoms with Gasteiger partial charge in [-0.25, -0.2) is 4.79 Å². The van der Waals surface area contributed by atoms with E-state index in [4.69, 9.17) is 10.00 Å². The molecular formula is C13H10N2O3. The Labute approximate surface area is 104 Å². The molecule has 0 radical (unpaired) electrons. The van der Waals surface area contributed by atoms with Crippen molar-refractivity contribution < 1.29 is 14.3 Å². The lowest BCUT2D eigenvalue weighted by molar-refractivity contribution is -0.149. The van der Waals surface area contributed by atoms with Crippen LogP contribution >= 0.6 is 0 Å². The number of carbonyl (C=O) groups is 2. The molecule has 1 aromatic carbocycles. The number of esters is 1. The molecule has 90 valence electrons. The molecule has 5 heteroatoms. The maximum atomic E-state index is 12.3. The fraction of sp³-hybridized carbons (Fsp3) is 0.308. The van der Waals surface area contributed by atoms with Gasteiger partial charge in [-0.3, -0.25) is 4.79 Å². The van der Waals surface area contributed by atoms with Crippen LogP contribution < -0.4 is 0 Å². The van der Waals surface area contributed by atoms with Gasteiger partial charge in [-0.2, -0.15) is 5.26 Å². The summed E-state index contributed by atoms with van der Waals surface area (Å²) in [7, 11) is 0. The molecule has 1 aromatic rings. The lowest BCUT2D eigenvalue weighted by Gasteiger charge is -2.25. The van der Waals surface area contributed by atoms with Crippen LogP contribution in [0.3, 0.4) is 0 Å². The highest BCUT2D eigenvalue weighted by Gasteiger charge is 2.48. The first-order valence-corrected chi connectivity index (χ1v) is 5.70. The highest BCUT2D eigenvalue weighted by Crippen LogP contribution is 2.30. The summed E-state index contributed by atoms with van der Waals surface area (Å²) in [5.74, 6) is -0.535. The van der Waals surface area contributed by atoms with Crippen LogP contribution in [-0.4, -0.2) is 35.5 Å². The number of ether oxygens (including phenoxy) is 1. The van der Waals surface area contributed by atoms with Crippen molar-refractivity contribution >= 4 is 11.9 Å². The first-order valence-electron chi connectivity index (χ1n) is 5.70. The van der Waals surface area contributed by atoms with E-state index in [-0.39, 0.29) is 18.0 Å². The summed E-state index contributed by atoms with van der Waals surface area (Å²) in [5.41, 5.74) is 0.877. The van der Waals surface area contributed by atoms with Crippen molar-refractivity contribution in [2.24, 2.45) is 0 Å². The third-order valence-electron chi connectivity index (χ3n) is 3.32. The van der Waals surface area contributed by atoms with E-state index in [2.05, 4.69) is 0 Å². The van der Waals surface area contributed by atoms with Gasteiger partial charge in [0.1, 0.15) is 12.1 Å². The molecule has 0 aliphatic carbocycles. The molecule has 2 fully saturated rings. The molecule has 1 amide bonds. The van der Waals surface area contributed by atoms with E-state index in [1.54, 1.807) is 24.3 Å². The first kappa shape index (κ1) is 10.8. The highest BCUT2D eigenvalue weighted by atomic mass is 16.6. The second kappa shape index (κ2) is 3.84. The van der Waals surface area contributed by atoms with Gasteiger partial charge in [-0.15, -0.1) is 0 Å². The van der Waals surface area contributed by atoms with E-state index in [0.717, 1.165) is 0 Å². The topological polar surface area (TPSA) is 70.4 Å². The quantitative estimate of drug-likeness (QED) is 0.679. The molecule has 2 saturated heterocycles. The van der Waals surface area contributed by atoms with E-state index < -0.39 is 6.04 Å². The summed E-state index contributed by atoms with van der Waals surface area (Å²) in [6.07, 6.45) is 0.424. The Morgan fingerprint density at radius 3 is 3.00 bits per heavy atom. The molecule has 2 aliphatic heterocycles. The number of hydrogen-bond acceptors (Lipinski definition) is 4. The number of hydrogen-bond donors (Lipinski definition) is 0. The number of nitriles is 1. The Balaban J connectivity index is 1.87. The second-order valence-corrected chi connectivity index (χ2v) is 4.46. The SMILES string of the molecule is N#Cc1cccc(C(=O)N2C[C@H]3C[C@@H]2C(=O)O3)c1. The van der Waals surface area contributed by atoms with Crippen molar-refractivity contribution in [2.45, 2.75) is 18.6 Å². The van der Waals surface area contributed by atoms with Crippen molar-refractivity contribution in [1.82, 2.24) is 4.90 Å². The van der Waals surface area contributed by atoms with Gasteiger partial charge in [0.25, 0.3) is 5.91 Å². The van der Waals surface area contributed by atoms with Gasteiger partial charge in [0.2, 0.25) is 0 Å². The molecule has 0 spiro atoms. The summed E-state index contributed by atoms with van der Waals surface area (Å²) in [4.78, 5) is 25.2. The van der Waals surface area contributed by atoms with Gasteiger partial charge in [-0.1, -0.05) is 6.07 Å². The third-order valence-corrected chi connectivity index (χ3v) is 3.32. The van der Waals surface area contributed by atoms with Gasteiger partial charge < -0.3 is 9.64 Å². The molecule has 0 saturated carbocycles. The number of carbonyl (C=O) groups excluding carboxylic acids is 2. The van der Waals surface area contributed by atoms with Crippen molar-refractivity contribution in [2.75, 3.05) is 6.54 Å². The van der Waals surface area contributed by atoms with E-state index in [0.29, 0.717) is 24.1 Å². The molecule has 2 heterocycles. The van der Waals surface area contributed by atoms with Crippen molar-refractivity contribution in [3.63, 3.8) is 0 Å². The number of nitrogens with zero attached hydrogens (tertiary/aromatic N) is 2. The molecule has 0 unspecified atom stereocenters. The minimum Gasteiger partial charge on any atom is -0.459 e. The average Bonchev–Trinajstić information content (AvgIpc) is 2.96. The number of morpholine rings is 1. The molecule has 5 nitrogen and oxygen atoms in total. The first-order chi connectivity index (χ1) is 8.69. The minimum atomic E-state index is -0.451. The molecular weight excluding hydrogens is 232 g/mol. The second-order valence-electron chi connectivity index (χ2n) is 4.46. The van der Waals surface area contributed by atoms with Crippen molar-refractivity contribution in [1.29, 1.82) is 5.26 Å². The molecule has 0 aromatic heterocycles. The predicted octanol–water partition coefficient (Wildman–Crippen LogP) is 0.698. The van der Waals surface area contributed by atoms with E-state index in [9.17, 15) is 9.59 Å². The van der Waals surface area contributed by atoms with Crippen molar-refractivity contribution in [3.8, 4) is 6.07 Å². The molecule has 2 aliphatic rings. The molecule has 2 bridgehead atoms. The number of amides is 1. The molecule has 0 N–H and O–H groups in total. The largest absolute Gasteiger partial charge is 0.459 e. The molecule has 18 heavy (non-hydrogen) atoms. The summed E-state index contributed by atoms with van der Waals surface area (Å²) >= 11 is 0. The van der Waals surface area contributed by atoms with Crippen LogP contribution in [0.25, 0.3) is 0 Å². The zero-order valence-electron chi connectivity index (χ0n) is 9.50. The number of benzene rings is 1. The van der Waals surface area contributed by atoms with Gasteiger partial charge in [-0.05, 0) is 18.2 Å². The van der Waals surface area contributed by atoms with Gasteiger partial charge in [0, 0.05) is 12.0 Å². The minimum absolute atomic E-state index is 0.161. The van der Waals surface area contributed by atoms with Crippen LogP contribution in [0.1, 0.15) is 22.3 Å². The standard InChI is InChI=1S/C13H10N2O3/c14-6-8-2-1-3-9(4-8)12(16)15-7-10-5-11(15)13(17)18-10/h1-4,10-11H,5,7H2/t10-,11-/m1/s1. The molecule has 2 atom stereocenters. The summed E-state index contributed by atoms with van der Waals surface area (Å²) in [6.45, 7) is 0.450. The van der Waals surface area contributed by atoms with Crippen LogP contribution in [0.2, 0.25) is 0 Å². The maximum absolute atomic E-state index is 12.3. The Hall–Kier alpha value is -2.35. The van der Waals surface area contributed by atoms with Crippen LogP contribution in [0.4, 0.5) is 0 Å². The normalized spacial score (nSPS) is 24.8. The van der Waals surface area contributed by atoms with Crippen LogP contribution in [-0.2, 0) is 9.53 Å². The fourth-order valence-corrected chi connectivity index (χ4v) is 2.46. The number of likely N-dealkylation sites (tertiary alicyclic amines) is 1. The zero-order valence-corrected chi connectivity index (χ0v) is 9.50. The average molecular weight is 242 g/mol. The van der Waals surface area contributed by atoms with Crippen LogP contribution in [0, 0.1) is 11.3 Å². The summed E-state index contributed by atoms with van der Waals surface area (Å²) in [5, 5.41) is 8.81.